The van der Waals surface area contributed by atoms with E-state index in [1.54, 1.807) is 0 Å². The Morgan fingerprint density at radius 3 is 1.58 bits per heavy atom. The molecule has 57 heavy (non-hydrogen) atoms. The average Bonchev–Trinajstić information content (AvgIpc) is 4.01. The zero-order valence-corrected chi connectivity index (χ0v) is 37.4. The van der Waals surface area contributed by atoms with Crippen molar-refractivity contribution < 1.29 is 0 Å². The van der Waals surface area contributed by atoms with E-state index in [0.717, 1.165) is 17.0 Å². The minimum absolute atomic E-state index is 0.484. The average molecular weight is 769 g/mol. The maximum absolute atomic E-state index is 4.57. The van der Waals surface area contributed by atoms with Crippen molar-refractivity contribution in [3.63, 3.8) is 0 Å². The summed E-state index contributed by atoms with van der Waals surface area (Å²) >= 11 is 0. The predicted molar refractivity (Wildman–Crippen MR) is 243 cm³/mol. The Balaban J connectivity index is 0.000000160. The molecule has 0 aliphatic rings. The van der Waals surface area contributed by atoms with Gasteiger partial charge in [-0.3, -0.25) is 0 Å². The van der Waals surface area contributed by atoms with E-state index in [4.69, 9.17) is 0 Å². The van der Waals surface area contributed by atoms with Crippen molar-refractivity contribution in [2.24, 2.45) is 35.2 Å². The molecule has 5 heterocycles. The highest BCUT2D eigenvalue weighted by molar-refractivity contribution is 5.84. The zero-order chi connectivity index (χ0) is 42.0. The van der Waals surface area contributed by atoms with Crippen LogP contribution in [-0.2, 0) is 35.2 Å². The highest BCUT2D eigenvalue weighted by Crippen LogP contribution is 2.27. The molecule has 3 aromatic carbocycles. The van der Waals surface area contributed by atoms with Gasteiger partial charge in [-0.2, -0.15) is 0 Å². The van der Waals surface area contributed by atoms with Crippen molar-refractivity contribution >= 4 is 32.8 Å². The Kier molecular flexibility index (Phi) is 15.7. The van der Waals surface area contributed by atoms with Gasteiger partial charge in [-0.1, -0.05) is 118 Å². The number of imidazole rings is 3. The molecule has 0 saturated carbocycles. The molecule has 0 fully saturated rings. The quantitative estimate of drug-likeness (QED) is 0.175. The summed E-state index contributed by atoms with van der Waals surface area (Å²) in [4.78, 5) is 12.8. The molecule has 0 spiro atoms. The van der Waals surface area contributed by atoms with E-state index < -0.39 is 0 Å². The minimum Gasteiger partial charge on any atom is -0.350 e. The van der Waals surface area contributed by atoms with Gasteiger partial charge in [-0.25, -0.2) is 15.0 Å². The number of aromatic nitrogens is 8. The molecular formula is C49H68N8. The van der Waals surface area contributed by atoms with Crippen LogP contribution >= 0.6 is 0 Å². The minimum atomic E-state index is 0.484. The fourth-order valence-electron chi connectivity index (χ4n) is 7.03. The molecule has 0 saturated heterocycles. The second-order valence-corrected chi connectivity index (χ2v) is 16.6. The predicted octanol–water partition coefficient (Wildman–Crippen LogP) is 12.4. The van der Waals surface area contributed by atoms with Crippen LogP contribution in [0.4, 0.5) is 0 Å². The summed E-state index contributed by atoms with van der Waals surface area (Å²) in [5.41, 5.74) is 10.3. The first-order valence-electron chi connectivity index (χ1n) is 20.4. The van der Waals surface area contributed by atoms with Crippen molar-refractivity contribution in [1.82, 2.24) is 37.8 Å². The summed E-state index contributed by atoms with van der Waals surface area (Å²) in [5, 5.41) is 2.73. The van der Waals surface area contributed by atoms with Gasteiger partial charge in [-0.15, -0.1) is 0 Å². The summed E-state index contributed by atoms with van der Waals surface area (Å²) < 4.78 is 10.7. The summed E-state index contributed by atoms with van der Waals surface area (Å²) in [6.07, 6.45) is 9.84. The second-order valence-electron chi connectivity index (χ2n) is 16.6. The maximum atomic E-state index is 4.57. The van der Waals surface area contributed by atoms with Crippen molar-refractivity contribution in [1.29, 1.82) is 0 Å². The van der Waals surface area contributed by atoms with Gasteiger partial charge in [0.25, 0.3) is 0 Å². The molecule has 0 unspecified atom stereocenters. The lowest BCUT2D eigenvalue weighted by Gasteiger charge is -2.06. The Hall–Kier alpha value is -5.37. The van der Waals surface area contributed by atoms with Crippen LogP contribution in [0.15, 0.2) is 110 Å². The van der Waals surface area contributed by atoms with E-state index in [2.05, 4.69) is 192 Å². The molecule has 0 aliphatic carbocycles. The largest absolute Gasteiger partial charge is 0.350 e. The van der Waals surface area contributed by atoms with Crippen molar-refractivity contribution in [3.8, 4) is 0 Å². The normalized spacial score (nSPS) is 11.2. The second kappa shape index (κ2) is 20.2. The monoisotopic (exact) mass is 769 g/mol. The zero-order valence-electron chi connectivity index (χ0n) is 37.4. The molecule has 0 radical (unpaired) electrons. The third kappa shape index (κ3) is 11.4. The van der Waals surface area contributed by atoms with Crippen LogP contribution in [0.1, 0.15) is 127 Å². The first-order valence-corrected chi connectivity index (χ1v) is 20.4. The Labute approximate surface area is 342 Å². The lowest BCUT2D eigenvalue weighted by atomic mass is 10.0. The lowest BCUT2D eigenvalue weighted by molar-refractivity contribution is 0.722. The smallest absolute Gasteiger partial charge is 0.112 e. The van der Waals surface area contributed by atoms with Crippen molar-refractivity contribution in [2.75, 3.05) is 0 Å². The molecule has 0 bridgehead atoms. The van der Waals surface area contributed by atoms with E-state index in [9.17, 15) is 0 Å². The van der Waals surface area contributed by atoms with E-state index in [0.29, 0.717) is 29.6 Å². The summed E-state index contributed by atoms with van der Waals surface area (Å²) in [5.74, 6) is 3.96. The van der Waals surface area contributed by atoms with Crippen LogP contribution < -0.4 is 0 Å². The summed E-state index contributed by atoms with van der Waals surface area (Å²) in [6.45, 7) is 21.9. The molecule has 0 N–H and O–H groups in total. The molecular weight excluding hydrogens is 701 g/mol. The molecule has 8 nitrogen and oxygen atoms in total. The van der Waals surface area contributed by atoms with Gasteiger partial charge in [0.05, 0.1) is 29.4 Å². The van der Waals surface area contributed by atoms with Crippen LogP contribution in [0, 0.1) is 0 Å². The van der Waals surface area contributed by atoms with Crippen LogP contribution in [-0.4, -0.2) is 37.8 Å². The maximum Gasteiger partial charge on any atom is 0.112 e. The van der Waals surface area contributed by atoms with Crippen LogP contribution in [0.2, 0.25) is 0 Å². The fourth-order valence-corrected chi connectivity index (χ4v) is 7.03. The topological polar surface area (TPSA) is 63.3 Å². The molecule has 0 amide bonds. The molecule has 8 rings (SSSR count). The first kappa shape index (κ1) is 44.3. The van der Waals surface area contributed by atoms with E-state index >= 15 is 0 Å². The number of hydrogen-bond acceptors (Lipinski definition) is 3. The van der Waals surface area contributed by atoms with E-state index in [1.807, 2.05) is 60.4 Å². The molecule has 5 aromatic heterocycles. The Morgan fingerprint density at radius 2 is 1.11 bits per heavy atom. The lowest BCUT2D eigenvalue weighted by Crippen LogP contribution is -1.99. The SMILES string of the molecule is CC(C)c1cc2ccccc2n1C.CC(C)c1cn(C)c2ccccc12.CC(C)c1cn(C)cn1.CC(C)c1cncn1C.CC(C)c1nc2ccccc2n1C. The van der Waals surface area contributed by atoms with Gasteiger partial charge >= 0.3 is 0 Å². The van der Waals surface area contributed by atoms with E-state index in [1.165, 1.54) is 44.3 Å². The summed E-state index contributed by atoms with van der Waals surface area (Å²) in [7, 11) is 10.3. The number of fused-ring (bicyclic) bond motifs is 3. The van der Waals surface area contributed by atoms with Crippen molar-refractivity contribution in [3.05, 3.63) is 139 Å². The molecule has 0 atom stereocenters. The highest BCUT2D eigenvalue weighted by Gasteiger charge is 2.10. The van der Waals surface area contributed by atoms with Gasteiger partial charge in [0.1, 0.15) is 5.82 Å². The first-order chi connectivity index (χ1) is 27.0. The van der Waals surface area contributed by atoms with Gasteiger partial charge in [-0.05, 0) is 65.0 Å². The highest BCUT2D eigenvalue weighted by atomic mass is 15.1. The third-order valence-electron chi connectivity index (χ3n) is 10.2. The number of para-hydroxylation sites is 4. The van der Waals surface area contributed by atoms with Crippen LogP contribution in [0.25, 0.3) is 32.8 Å². The number of aryl methyl sites for hydroxylation is 5. The van der Waals surface area contributed by atoms with Gasteiger partial charge in [0.2, 0.25) is 0 Å². The Morgan fingerprint density at radius 1 is 0.509 bits per heavy atom. The van der Waals surface area contributed by atoms with E-state index in [-0.39, 0.29) is 0 Å². The summed E-state index contributed by atoms with van der Waals surface area (Å²) in [6, 6.07) is 27.6. The fraction of sp³-hybridized carbons (Fsp3) is 0.408. The number of benzene rings is 3. The third-order valence-corrected chi connectivity index (χ3v) is 10.2. The molecule has 8 aromatic rings. The van der Waals surface area contributed by atoms with Gasteiger partial charge in [0.15, 0.2) is 0 Å². The standard InChI is InChI=1S/2C12H15N.C11H14N2.2C7H12N2/c1-9(2)11-8-13(3)12-7-5-4-6-10(11)12;1-9(2)12-8-10-6-4-5-7-11(10)13(12)3;1-8(2)11-12-9-6-4-5-7-10(9)13(11)3;1-6(2)7-4-9(3)5-8-7;1-6(2)7-4-8-5-9(7)3/h2*4-9H,1-3H3;4-8H,1-3H3;2*4-6H,1-3H3. The number of rotatable bonds is 5. The van der Waals surface area contributed by atoms with Gasteiger partial charge < -0.3 is 22.8 Å². The van der Waals surface area contributed by atoms with Crippen molar-refractivity contribution in [2.45, 2.75) is 98.8 Å². The molecule has 8 heteroatoms. The Bertz CT molecular complexity index is 2330. The van der Waals surface area contributed by atoms with Gasteiger partial charge in [0, 0.05) is 87.6 Å². The number of hydrogen-bond donors (Lipinski definition) is 0. The molecule has 0 aliphatic heterocycles. The van der Waals surface area contributed by atoms with Crippen LogP contribution in [0.3, 0.4) is 0 Å². The molecule has 304 valence electrons. The van der Waals surface area contributed by atoms with Crippen LogP contribution in [0.5, 0.6) is 0 Å². The number of nitrogens with zero attached hydrogens (tertiary/aromatic N) is 8.